The van der Waals surface area contributed by atoms with E-state index in [0.29, 0.717) is 24.3 Å². The molecule has 11 heavy (non-hydrogen) atoms. The second kappa shape index (κ2) is 1.79. The van der Waals surface area contributed by atoms with Gasteiger partial charge in [-0.3, -0.25) is 4.90 Å². The first-order valence-electron chi connectivity index (χ1n) is 4.33. The van der Waals surface area contributed by atoms with Crippen molar-refractivity contribution in [3.63, 3.8) is 0 Å². The molecule has 62 valence electrons. The minimum absolute atomic E-state index is 0.0717. The molecule has 0 aromatic rings. The maximum Gasteiger partial charge on any atom is 0.101 e. The molecule has 3 rings (SSSR count). The van der Waals surface area contributed by atoms with Crippen LogP contribution in [0.5, 0.6) is 0 Å². The molecule has 3 heteroatoms. The van der Waals surface area contributed by atoms with Crippen LogP contribution in [0.4, 0.5) is 0 Å². The fraction of sp³-hybridized carbons (Fsp3) is 1.00. The molecule has 3 nitrogen and oxygen atoms in total. The fourth-order valence-corrected chi connectivity index (χ4v) is 2.72. The zero-order valence-corrected chi connectivity index (χ0v) is 6.60. The minimum Gasteiger partial charge on any atom is -0.393 e. The van der Waals surface area contributed by atoms with Crippen molar-refractivity contribution in [1.82, 2.24) is 4.90 Å². The molecule has 3 fully saturated rings. The van der Waals surface area contributed by atoms with Crippen LogP contribution >= 0.6 is 0 Å². The summed E-state index contributed by atoms with van der Waals surface area (Å²) < 4.78 is 5.49. The van der Waals surface area contributed by atoms with Crippen LogP contribution in [0.2, 0.25) is 0 Å². The Kier molecular flexibility index (Phi) is 1.04. The highest BCUT2D eigenvalue weighted by Gasteiger charge is 2.62. The first-order chi connectivity index (χ1) is 5.27. The molecule has 0 aliphatic carbocycles. The SMILES string of the molecule is CN1C2CC(O)C[C@H]1C1OC12. The van der Waals surface area contributed by atoms with E-state index < -0.39 is 0 Å². The van der Waals surface area contributed by atoms with E-state index in [-0.39, 0.29) is 6.10 Å². The minimum atomic E-state index is -0.0717. The van der Waals surface area contributed by atoms with Crippen molar-refractivity contribution in [3.05, 3.63) is 0 Å². The molecule has 4 unspecified atom stereocenters. The molecule has 0 radical (unpaired) electrons. The largest absolute Gasteiger partial charge is 0.393 e. The third kappa shape index (κ3) is 0.687. The Labute approximate surface area is 65.9 Å². The van der Waals surface area contributed by atoms with Crippen molar-refractivity contribution in [2.24, 2.45) is 0 Å². The van der Waals surface area contributed by atoms with Crippen LogP contribution in [-0.4, -0.2) is 47.4 Å². The summed E-state index contributed by atoms with van der Waals surface area (Å²) in [5.41, 5.74) is 0. The number of epoxide rings is 1. The number of rotatable bonds is 0. The van der Waals surface area contributed by atoms with Gasteiger partial charge in [0.2, 0.25) is 0 Å². The number of piperidine rings is 1. The van der Waals surface area contributed by atoms with Gasteiger partial charge in [-0.25, -0.2) is 0 Å². The van der Waals surface area contributed by atoms with Gasteiger partial charge >= 0.3 is 0 Å². The number of aliphatic hydroxyl groups excluding tert-OH is 1. The van der Waals surface area contributed by atoms with Crippen LogP contribution in [0.3, 0.4) is 0 Å². The molecule has 3 aliphatic rings. The molecule has 0 saturated carbocycles. The molecule has 0 aromatic carbocycles. The Bertz CT molecular complexity index is 179. The number of hydrogen-bond donors (Lipinski definition) is 1. The standard InChI is InChI=1S/C8H13NO2/c1-9-5-2-4(10)3-6(9)8-7(5)11-8/h4-8,10H,2-3H2,1H3/t4?,5-,6?,7?,8?/m0/s1. The summed E-state index contributed by atoms with van der Waals surface area (Å²) >= 11 is 0. The number of fused-ring (bicyclic) bond motifs is 5. The van der Waals surface area contributed by atoms with Crippen molar-refractivity contribution in [2.45, 2.75) is 43.2 Å². The van der Waals surface area contributed by atoms with Gasteiger partial charge < -0.3 is 9.84 Å². The predicted molar refractivity (Wildman–Crippen MR) is 39.2 cm³/mol. The Hall–Kier alpha value is -0.120. The lowest BCUT2D eigenvalue weighted by molar-refractivity contribution is 0.00149. The average molecular weight is 155 g/mol. The van der Waals surface area contributed by atoms with E-state index in [9.17, 15) is 5.11 Å². The average Bonchev–Trinajstić information content (AvgIpc) is 2.66. The van der Waals surface area contributed by atoms with Crippen molar-refractivity contribution in [1.29, 1.82) is 0 Å². The normalized spacial score (nSPS) is 61.1. The second-order valence-corrected chi connectivity index (χ2v) is 3.99. The van der Waals surface area contributed by atoms with Gasteiger partial charge in [0.15, 0.2) is 0 Å². The summed E-state index contributed by atoms with van der Waals surface area (Å²) in [5.74, 6) is 0. The molecule has 0 amide bonds. The third-order valence-corrected chi connectivity index (χ3v) is 3.39. The van der Waals surface area contributed by atoms with E-state index in [4.69, 9.17) is 4.74 Å². The number of ether oxygens (including phenoxy) is 1. The highest BCUT2D eigenvalue weighted by molar-refractivity contribution is 5.13. The van der Waals surface area contributed by atoms with Crippen molar-refractivity contribution in [2.75, 3.05) is 7.05 Å². The smallest absolute Gasteiger partial charge is 0.101 e. The van der Waals surface area contributed by atoms with E-state index in [1.807, 2.05) is 0 Å². The summed E-state index contributed by atoms with van der Waals surface area (Å²) in [4.78, 5) is 2.38. The summed E-state index contributed by atoms with van der Waals surface area (Å²) in [7, 11) is 2.15. The summed E-state index contributed by atoms with van der Waals surface area (Å²) in [5, 5.41) is 9.46. The molecule has 3 heterocycles. The molecule has 2 bridgehead atoms. The van der Waals surface area contributed by atoms with Gasteiger partial charge in [-0.15, -0.1) is 0 Å². The van der Waals surface area contributed by atoms with Crippen LogP contribution in [0, 0.1) is 0 Å². The van der Waals surface area contributed by atoms with Crippen LogP contribution < -0.4 is 0 Å². The molecule has 0 aromatic heterocycles. The Balaban J connectivity index is 1.90. The lowest BCUT2D eigenvalue weighted by Crippen LogP contribution is -2.46. The topological polar surface area (TPSA) is 36.0 Å². The Morgan fingerprint density at radius 2 is 1.82 bits per heavy atom. The summed E-state index contributed by atoms with van der Waals surface area (Å²) in [6.45, 7) is 0. The molecule has 5 atom stereocenters. The van der Waals surface area contributed by atoms with Gasteiger partial charge in [-0.1, -0.05) is 0 Å². The number of hydrogen-bond acceptors (Lipinski definition) is 3. The Morgan fingerprint density at radius 1 is 1.27 bits per heavy atom. The lowest BCUT2D eigenvalue weighted by atomic mass is 10.00. The number of morpholine rings is 1. The van der Waals surface area contributed by atoms with E-state index in [0.717, 1.165) is 12.8 Å². The number of nitrogens with zero attached hydrogens (tertiary/aromatic N) is 1. The first-order valence-corrected chi connectivity index (χ1v) is 4.33. The molecule has 3 aliphatic heterocycles. The van der Waals surface area contributed by atoms with Gasteiger partial charge in [0, 0.05) is 12.1 Å². The maximum absolute atomic E-state index is 9.46. The summed E-state index contributed by atoms with van der Waals surface area (Å²) in [6, 6.07) is 1.02. The molecular weight excluding hydrogens is 142 g/mol. The van der Waals surface area contributed by atoms with E-state index in [2.05, 4.69) is 11.9 Å². The molecule has 0 spiro atoms. The zero-order valence-electron chi connectivity index (χ0n) is 6.60. The first kappa shape index (κ1) is 6.40. The van der Waals surface area contributed by atoms with Crippen LogP contribution in [0.1, 0.15) is 12.8 Å². The maximum atomic E-state index is 9.46. The van der Waals surface area contributed by atoms with Gasteiger partial charge in [0.05, 0.1) is 6.10 Å². The van der Waals surface area contributed by atoms with E-state index in [1.54, 1.807) is 0 Å². The highest BCUT2D eigenvalue weighted by atomic mass is 16.6. The van der Waals surface area contributed by atoms with Gasteiger partial charge in [0.1, 0.15) is 12.2 Å². The molecular formula is C8H13NO2. The van der Waals surface area contributed by atoms with Crippen LogP contribution in [0.15, 0.2) is 0 Å². The number of aliphatic hydroxyl groups is 1. The Morgan fingerprint density at radius 3 is 2.36 bits per heavy atom. The zero-order chi connectivity index (χ0) is 7.59. The quantitative estimate of drug-likeness (QED) is 0.483. The lowest BCUT2D eigenvalue weighted by Gasteiger charge is -2.36. The molecule has 1 N–H and O–H groups in total. The van der Waals surface area contributed by atoms with Crippen LogP contribution in [0.25, 0.3) is 0 Å². The predicted octanol–water partition coefficient (Wildman–Crippen LogP) is -0.409. The van der Waals surface area contributed by atoms with Crippen LogP contribution in [-0.2, 0) is 4.74 Å². The van der Waals surface area contributed by atoms with Crippen molar-refractivity contribution < 1.29 is 9.84 Å². The molecule has 3 saturated heterocycles. The third-order valence-electron chi connectivity index (χ3n) is 3.39. The van der Waals surface area contributed by atoms with E-state index >= 15 is 0 Å². The summed E-state index contributed by atoms with van der Waals surface area (Å²) in [6.07, 6.45) is 2.67. The number of likely N-dealkylation sites (N-methyl/N-ethyl adjacent to an activating group) is 1. The fourth-order valence-electron chi connectivity index (χ4n) is 2.72. The van der Waals surface area contributed by atoms with Crippen molar-refractivity contribution in [3.8, 4) is 0 Å². The van der Waals surface area contributed by atoms with Crippen molar-refractivity contribution >= 4 is 0 Å². The van der Waals surface area contributed by atoms with E-state index in [1.165, 1.54) is 0 Å². The highest BCUT2D eigenvalue weighted by Crippen LogP contribution is 2.47. The monoisotopic (exact) mass is 155 g/mol. The van der Waals surface area contributed by atoms with Gasteiger partial charge in [-0.05, 0) is 19.9 Å². The van der Waals surface area contributed by atoms with Gasteiger partial charge in [0.25, 0.3) is 0 Å². The van der Waals surface area contributed by atoms with Gasteiger partial charge in [-0.2, -0.15) is 0 Å². The second-order valence-electron chi connectivity index (χ2n) is 3.99.